The number of aliphatic imine (C=N–C) groups is 1. The van der Waals surface area contributed by atoms with E-state index in [-0.39, 0.29) is 23.5 Å². The largest absolute Gasteiger partial charge is 0.489 e. The summed E-state index contributed by atoms with van der Waals surface area (Å²) in [5, 5.41) is 0.557. The van der Waals surface area contributed by atoms with Crippen molar-refractivity contribution in [3.8, 4) is 5.75 Å². The lowest BCUT2D eigenvalue weighted by Crippen LogP contribution is -2.40. The minimum atomic E-state index is -0.388. The number of para-hydroxylation sites is 1. The Balaban J connectivity index is 1.35. The molecule has 0 N–H and O–H groups in total. The van der Waals surface area contributed by atoms with Crippen molar-refractivity contribution in [3.63, 3.8) is 0 Å². The van der Waals surface area contributed by atoms with Crippen LogP contribution in [0.5, 0.6) is 5.75 Å². The fourth-order valence-corrected chi connectivity index (χ4v) is 6.33. The molecule has 0 spiro atoms. The SMILES string of the molecule is Cc1cc(C)c(COc2ccc(/C=C3\SC(=Nc4ccccc4F)N(C4CCCCC4)C3=O)cc2)c(C)c1. The standard InChI is InChI=1S/C32H33FN2O2S/c1-21-17-22(2)27(23(3)18-21)20-37-26-15-13-24(14-16-26)19-30-31(36)35(25-9-5-4-6-10-25)32(38-30)34-29-12-8-7-11-28(29)33/h7-8,11-19,25H,4-6,9-10,20H2,1-3H3/b30-19-,34-32?. The summed E-state index contributed by atoms with van der Waals surface area (Å²) in [6.07, 6.45) is 7.16. The maximum Gasteiger partial charge on any atom is 0.267 e. The number of carbonyl (C=O) groups is 1. The molecule has 1 heterocycles. The highest BCUT2D eigenvalue weighted by molar-refractivity contribution is 8.18. The first-order valence-corrected chi connectivity index (χ1v) is 14.1. The summed E-state index contributed by atoms with van der Waals surface area (Å²) in [6.45, 7) is 6.85. The van der Waals surface area contributed by atoms with Gasteiger partial charge < -0.3 is 4.74 Å². The molecule has 2 fully saturated rings. The third-order valence-corrected chi connectivity index (χ3v) is 8.23. The van der Waals surface area contributed by atoms with Crippen LogP contribution in [0, 0.1) is 26.6 Å². The van der Waals surface area contributed by atoms with Crippen LogP contribution in [-0.4, -0.2) is 22.0 Å². The molecule has 6 heteroatoms. The van der Waals surface area contributed by atoms with Gasteiger partial charge in [0.15, 0.2) is 5.17 Å². The number of amides is 1. The van der Waals surface area contributed by atoms with E-state index in [1.807, 2.05) is 30.3 Å². The summed E-state index contributed by atoms with van der Waals surface area (Å²) < 4.78 is 20.5. The second-order valence-electron chi connectivity index (χ2n) is 10.2. The maximum absolute atomic E-state index is 14.4. The van der Waals surface area contributed by atoms with Gasteiger partial charge in [-0.3, -0.25) is 9.69 Å². The third-order valence-electron chi connectivity index (χ3n) is 7.25. The molecule has 1 saturated heterocycles. The average Bonchev–Trinajstić information content (AvgIpc) is 3.20. The van der Waals surface area contributed by atoms with Crippen LogP contribution in [0.3, 0.4) is 0 Å². The molecule has 0 bridgehead atoms. The van der Waals surface area contributed by atoms with Gasteiger partial charge in [-0.05, 0) is 98.0 Å². The highest BCUT2D eigenvalue weighted by atomic mass is 32.2. The fraction of sp³-hybridized carbons (Fsp3) is 0.312. The quantitative estimate of drug-likeness (QED) is 0.302. The Kier molecular flexibility index (Phi) is 7.98. The lowest BCUT2D eigenvalue weighted by molar-refractivity contribution is -0.124. The van der Waals surface area contributed by atoms with E-state index in [2.05, 4.69) is 37.9 Å². The number of ether oxygens (including phenoxy) is 1. The number of hydrogen-bond donors (Lipinski definition) is 0. The molecule has 1 saturated carbocycles. The van der Waals surface area contributed by atoms with Gasteiger partial charge in [0.05, 0.1) is 4.91 Å². The highest BCUT2D eigenvalue weighted by Gasteiger charge is 2.38. The van der Waals surface area contributed by atoms with E-state index < -0.39 is 0 Å². The molecule has 0 atom stereocenters. The van der Waals surface area contributed by atoms with Gasteiger partial charge in [0, 0.05) is 6.04 Å². The number of nitrogens with zero attached hydrogens (tertiary/aromatic N) is 2. The number of thioether (sulfide) groups is 1. The molecule has 3 aromatic carbocycles. The minimum Gasteiger partial charge on any atom is -0.489 e. The van der Waals surface area contributed by atoms with Crippen LogP contribution < -0.4 is 4.74 Å². The third kappa shape index (κ3) is 5.86. The molecule has 3 aromatic rings. The van der Waals surface area contributed by atoms with E-state index in [0.29, 0.717) is 16.7 Å². The molecule has 4 nitrogen and oxygen atoms in total. The van der Waals surface area contributed by atoms with E-state index in [1.54, 1.807) is 23.1 Å². The molecular formula is C32H33FN2O2S. The Morgan fingerprint density at radius 1 is 1.00 bits per heavy atom. The second-order valence-corrected chi connectivity index (χ2v) is 11.2. The molecule has 1 amide bonds. The first kappa shape index (κ1) is 26.2. The molecule has 2 aliphatic rings. The van der Waals surface area contributed by atoms with Crippen molar-refractivity contribution in [2.75, 3.05) is 0 Å². The van der Waals surface area contributed by atoms with E-state index in [1.165, 1.54) is 46.5 Å². The summed E-state index contributed by atoms with van der Waals surface area (Å²) in [6, 6.07) is 18.7. The van der Waals surface area contributed by atoms with Crippen molar-refractivity contribution >= 4 is 34.6 Å². The Morgan fingerprint density at radius 3 is 2.37 bits per heavy atom. The van der Waals surface area contributed by atoms with Crippen LogP contribution in [-0.2, 0) is 11.4 Å². The van der Waals surface area contributed by atoms with Gasteiger partial charge in [0.25, 0.3) is 5.91 Å². The number of aryl methyl sites for hydroxylation is 3. The fourth-order valence-electron chi connectivity index (χ4n) is 5.28. The van der Waals surface area contributed by atoms with E-state index in [9.17, 15) is 9.18 Å². The van der Waals surface area contributed by atoms with Gasteiger partial charge in [-0.1, -0.05) is 61.2 Å². The second kappa shape index (κ2) is 11.6. The normalized spacial score (nSPS) is 18.5. The minimum absolute atomic E-state index is 0.0531. The molecule has 1 aliphatic heterocycles. The Hall–Kier alpha value is -3.38. The predicted octanol–water partition coefficient (Wildman–Crippen LogP) is 8.27. The first-order chi connectivity index (χ1) is 18.4. The van der Waals surface area contributed by atoms with Crippen molar-refractivity contribution in [2.45, 2.75) is 65.5 Å². The summed E-state index contributed by atoms with van der Waals surface area (Å²) >= 11 is 1.32. The molecule has 0 aromatic heterocycles. The lowest BCUT2D eigenvalue weighted by atomic mass is 9.94. The number of amidine groups is 1. The molecule has 0 radical (unpaired) electrons. The van der Waals surface area contributed by atoms with Crippen molar-refractivity contribution in [1.82, 2.24) is 4.90 Å². The van der Waals surface area contributed by atoms with Crippen LogP contribution in [0.15, 0.2) is 70.6 Å². The molecule has 38 heavy (non-hydrogen) atoms. The lowest BCUT2D eigenvalue weighted by Gasteiger charge is -2.30. The van der Waals surface area contributed by atoms with Gasteiger partial charge in [0.1, 0.15) is 23.9 Å². The highest BCUT2D eigenvalue weighted by Crippen LogP contribution is 2.39. The summed E-state index contributed by atoms with van der Waals surface area (Å²) in [5.41, 5.74) is 6.09. The van der Waals surface area contributed by atoms with Gasteiger partial charge >= 0.3 is 0 Å². The van der Waals surface area contributed by atoms with Gasteiger partial charge in [-0.15, -0.1) is 0 Å². The Labute approximate surface area is 228 Å². The summed E-state index contributed by atoms with van der Waals surface area (Å²) in [4.78, 5) is 20.5. The van der Waals surface area contributed by atoms with Gasteiger partial charge in [-0.25, -0.2) is 9.38 Å². The van der Waals surface area contributed by atoms with E-state index in [0.717, 1.165) is 37.0 Å². The Bertz CT molecular complexity index is 1370. The van der Waals surface area contributed by atoms with Crippen LogP contribution in [0.2, 0.25) is 0 Å². The monoisotopic (exact) mass is 528 g/mol. The number of halogens is 1. The summed E-state index contributed by atoms with van der Waals surface area (Å²) in [5.74, 6) is 0.339. The zero-order chi connectivity index (χ0) is 26.6. The molecule has 0 unspecified atom stereocenters. The van der Waals surface area contributed by atoms with Crippen LogP contribution in [0.4, 0.5) is 10.1 Å². The number of carbonyl (C=O) groups excluding carboxylic acids is 1. The van der Waals surface area contributed by atoms with Crippen molar-refractivity contribution in [3.05, 3.63) is 99.2 Å². The first-order valence-electron chi connectivity index (χ1n) is 13.2. The maximum atomic E-state index is 14.4. The molecule has 196 valence electrons. The van der Waals surface area contributed by atoms with Gasteiger partial charge in [0.2, 0.25) is 0 Å². The smallest absolute Gasteiger partial charge is 0.267 e. The molecular weight excluding hydrogens is 495 g/mol. The average molecular weight is 529 g/mol. The number of rotatable bonds is 6. The summed E-state index contributed by atoms with van der Waals surface area (Å²) in [7, 11) is 0. The van der Waals surface area contributed by atoms with Crippen LogP contribution >= 0.6 is 11.8 Å². The van der Waals surface area contributed by atoms with Crippen molar-refractivity contribution in [2.24, 2.45) is 4.99 Å². The molecule has 1 aliphatic carbocycles. The Morgan fingerprint density at radius 2 is 1.68 bits per heavy atom. The zero-order valence-electron chi connectivity index (χ0n) is 22.2. The topological polar surface area (TPSA) is 41.9 Å². The molecule has 5 rings (SSSR count). The van der Waals surface area contributed by atoms with Crippen molar-refractivity contribution in [1.29, 1.82) is 0 Å². The van der Waals surface area contributed by atoms with E-state index >= 15 is 0 Å². The zero-order valence-corrected chi connectivity index (χ0v) is 23.0. The number of hydrogen-bond acceptors (Lipinski definition) is 4. The van der Waals surface area contributed by atoms with Crippen LogP contribution in [0.1, 0.15) is 59.9 Å². The number of benzene rings is 3. The predicted molar refractivity (Wildman–Crippen MR) is 154 cm³/mol. The van der Waals surface area contributed by atoms with Gasteiger partial charge in [-0.2, -0.15) is 0 Å². The van der Waals surface area contributed by atoms with Crippen LogP contribution in [0.25, 0.3) is 6.08 Å². The van der Waals surface area contributed by atoms with Crippen molar-refractivity contribution < 1.29 is 13.9 Å². The van der Waals surface area contributed by atoms with E-state index in [4.69, 9.17) is 4.74 Å².